The minimum absolute atomic E-state index is 0. The molecular formula is C11H25NO. The van der Waals surface area contributed by atoms with Gasteiger partial charge in [-0.2, -0.15) is 0 Å². The molecule has 2 nitrogen and oxygen atoms in total. The third-order valence-electron chi connectivity index (χ3n) is 1.86. The number of likely N-dealkylation sites (N-methyl/N-ethyl adjacent to an activating group) is 1. The molecule has 80 valence electrons. The van der Waals surface area contributed by atoms with Crippen LogP contribution < -0.4 is 0 Å². The molecule has 0 amide bonds. The Labute approximate surface area is 83.3 Å². The molecule has 0 bridgehead atoms. The first kappa shape index (κ1) is 15.1. The van der Waals surface area contributed by atoms with Crippen LogP contribution in [0, 0.1) is 5.92 Å². The lowest BCUT2D eigenvalue weighted by atomic mass is 10.2. The Morgan fingerprint density at radius 1 is 1.31 bits per heavy atom. The van der Waals surface area contributed by atoms with Gasteiger partial charge >= 0.3 is 0 Å². The van der Waals surface area contributed by atoms with Gasteiger partial charge in [-0.1, -0.05) is 35.1 Å². The average Bonchev–Trinajstić information content (AvgIpc) is 2.02. The molecule has 0 aliphatic rings. The number of nitrogens with zero attached hydrogens (tertiary/aromatic N) is 1. The molecule has 2 heteroatoms. The second-order valence-electron chi connectivity index (χ2n) is 3.61. The van der Waals surface area contributed by atoms with E-state index < -0.39 is 0 Å². The molecule has 0 unspecified atom stereocenters. The molecule has 0 spiro atoms. The predicted octanol–water partition coefficient (Wildman–Crippen LogP) is 2.58. The van der Waals surface area contributed by atoms with Crippen LogP contribution in [0.2, 0.25) is 0 Å². The number of Topliss-reactive ketones (excluding diaryl/α,β-unsaturated/α-hetero) is 1. The van der Waals surface area contributed by atoms with Crippen molar-refractivity contribution in [2.45, 2.75) is 41.5 Å². The summed E-state index contributed by atoms with van der Waals surface area (Å²) in [4.78, 5) is 13.3. The van der Waals surface area contributed by atoms with Crippen LogP contribution in [0.1, 0.15) is 41.5 Å². The summed E-state index contributed by atoms with van der Waals surface area (Å²) in [5.74, 6) is 0.993. The molecule has 0 radical (unpaired) electrons. The normalized spacial score (nSPS) is 10.3. The van der Waals surface area contributed by atoms with Gasteiger partial charge < -0.3 is 0 Å². The molecule has 0 rings (SSSR count). The van der Waals surface area contributed by atoms with Gasteiger partial charge in [0.15, 0.2) is 0 Å². The molecule has 0 N–H and O–H groups in total. The first-order valence-corrected chi connectivity index (χ1v) is 4.84. The lowest BCUT2D eigenvalue weighted by Gasteiger charge is -2.21. The SMILES string of the molecule is C.CCC(=O)CN(CC)CC(C)C. The van der Waals surface area contributed by atoms with E-state index in [9.17, 15) is 4.79 Å². The minimum atomic E-state index is 0. The Kier molecular flexibility index (Phi) is 9.58. The lowest BCUT2D eigenvalue weighted by molar-refractivity contribution is -0.119. The largest absolute Gasteiger partial charge is 0.298 e. The molecule has 0 aliphatic heterocycles. The van der Waals surface area contributed by atoms with Crippen LogP contribution in [0.3, 0.4) is 0 Å². The van der Waals surface area contributed by atoms with E-state index in [4.69, 9.17) is 0 Å². The van der Waals surface area contributed by atoms with E-state index in [1.54, 1.807) is 0 Å². The summed E-state index contributed by atoms with van der Waals surface area (Å²) in [7, 11) is 0. The zero-order valence-corrected chi connectivity index (χ0v) is 8.76. The second kappa shape index (κ2) is 8.24. The fourth-order valence-electron chi connectivity index (χ4n) is 1.18. The van der Waals surface area contributed by atoms with Gasteiger partial charge in [0.05, 0.1) is 6.54 Å². The van der Waals surface area contributed by atoms with Crippen molar-refractivity contribution >= 4 is 5.78 Å². The van der Waals surface area contributed by atoms with Crippen LogP contribution >= 0.6 is 0 Å². The quantitative estimate of drug-likeness (QED) is 0.637. The van der Waals surface area contributed by atoms with E-state index in [2.05, 4.69) is 25.7 Å². The summed E-state index contributed by atoms with van der Waals surface area (Å²) in [6, 6.07) is 0. The zero-order valence-electron chi connectivity index (χ0n) is 8.76. The number of carbonyl (C=O) groups is 1. The van der Waals surface area contributed by atoms with Crippen LogP contribution in [0.15, 0.2) is 0 Å². The van der Waals surface area contributed by atoms with E-state index in [0.717, 1.165) is 13.1 Å². The van der Waals surface area contributed by atoms with E-state index in [-0.39, 0.29) is 7.43 Å². The van der Waals surface area contributed by atoms with Gasteiger partial charge in [-0.15, -0.1) is 0 Å². The van der Waals surface area contributed by atoms with Gasteiger partial charge in [0.25, 0.3) is 0 Å². The van der Waals surface area contributed by atoms with Gasteiger partial charge in [-0.3, -0.25) is 9.69 Å². The third kappa shape index (κ3) is 7.97. The topological polar surface area (TPSA) is 20.3 Å². The molecular weight excluding hydrogens is 162 g/mol. The van der Waals surface area contributed by atoms with Crippen molar-refractivity contribution in [3.05, 3.63) is 0 Å². The molecule has 0 aromatic carbocycles. The van der Waals surface area contributed by atoms with Crippen molar-refractivity contribution in [2.75, 3.05) is 19.6 Å². The van der Waals surface area contributed by atoms with Crippen LogP contribution in [-0.2, 0) is 4.79 Å². The Hall–Kier alpha value is -0.370. The minimum Gasteiger partial charge on any atom is -0.298 e. The molecule has 0 saturated carbocycles. The average molecular weight is 187 g/mol. The van der Waals surface area contributed by atoms with Gasteiger partial charge in [0.1, 0.15) is 5.78 Å². The monoisotopic (exact) mass is 187 g/mol. The number of rotatable bonds is 6. The van der Waals surface area contributed by atoms with E-state index >= 15 is 0 Å². The van der Waals surface area contributed by atoms with Crippen LogP contribution in [0.5, 0.6) is 0 Å². The highest BCUT2D eigenvalue weighted by molar-refractivity contribution is 5.80. The first-order valence-electron chi connectivity index (χ1n) is 4.84. The predicted molar refractivity (Wildman–Crippen MR) is 59.0 cm³/mol. The third-order valence-corrected chi connectivity index (χ3v) is 1.86. The summed E-state index contributed by atoms with van der Waals surface area (Å²) < 4.78 is 0. The number of hydrogen-bond donors (Lipinski definition) is 0. The molecule has 0 heterocycles. The van der Waals surface area contributed by atoms with E-state index in [1.165, 1.54) is 0 Å². The summed E-state index contributed by atoms with van der Waals surface area (Å²) in [6.45, 7) is 11.0. The van der Waals surface area contributed by atoms with Gasteiger partial charge in [0.2, 0.25) is 0 Å². The van der Waals surface area contributed by atoms with E-state index in [0.29, 0.717) is 24.7 Å². The van der Waals surface area contributed by atoms with Crippen molar-refractivity contribution in [1.29, 1.82) is 0 Å². The van der Waals surface area contributed by atoms with Crippen LogP contribution in [0.25, 0.3) is 0 Å². The van der Waals surface area contributed by atoms with Crippen molar-refractivity contribution in [1.82, 2.24) is 4.90 Å². The molecule has 0 fully saturated rings. The highest BCUT2D eigenvalue weighted by Crippen LogP contribution is 1.98. The van der Waals surface area contributed by atoms with Crippen LogP contribution in [0.4, 0.5) is 0 Å². The summed E-state index contributed by atoms with van der Waals surface area (Å²) in [5, 5.41) is 0. The highest BCUT2D eigenvalue weighted by Gasteiger charge is 2.08. The van der Waals surface area contributed by atoms with Crippen LogP contribution in [-0.4, -0.2) is 30.3 Å². The van der Waals surface area contributed by atoms with Gasteiger partial charge in [0, 0.05) is 13.0 Å². The van der Waals surface area contributed by atoms with Gasteiger partial charge in [-0.25, -0.2) is 0 Å². The molecule has 0 aromatic heterocycles. The van der Waals surface area contributed by atoms with Crippen molar-refractivity contribution in [2.24, 2.45) is 5.92 Å². The Bertz CT molecular complexity index is 132. The maximum Gasteiger partial charge on any atom is 0.146 e. The Balaban J connectivity index is 0. The number of hydrogen-bond acceptors (Lipinski definition) is 2. The Morgan fingerprint density at radius 2 is 1.85 bits per heavy atom. The fraction of sp³-hybridized carbons (Fsp3) is 0.909. The Morgan fingerprint density at radius 3 is 2.15 bits per heavy atom. The molecule has 0 saturated heterocycles. The van der Waals surface area contributed by atoms with Crippen molar-refractivity contribution < 1.29 is 4.79 Å². The molecule has 0 aromatic rings. The number of ketones is 1. The summed E-state index contributed by atoms with van der Waals surface area (Å²) >= 11 is 0. The second-order valence-corrected chi connectivity index (χ2v) is 3.61. The molecule has 13 heavy (non-hydrogen) atoms. The molecule has 0 atom stereocenters. The van der Waals surface area contributed by atoms with E-state index in [1.807, 2.05) is 6.92 Å². The fourth-order valence-corrected chi connectivity index (χ4v) is 1.18. The van der Waals surface area contributed by atoms with Crippen molar-refractivity contribution in [3.8, 4) is 0 Å². The maximum absolute atomic E-state index is 11.1. The summed E-state index contributed by atoms with van der Waals surface area (Å²) in [5.41, 5.74) is 0. The van der Waals surface area contributed by atoms with Gasteiger partial charge in [-0.05, 0) is 12.5 Å². The molecule has 0 aliphatic carbocycles. The zero-order chi connectivity index (χ0) is 9.56. The number of carbonyl (C=O) groups excluding carboxylic acids is 1. The first-order chi connectivity index (χ1) is 5.60. The lowest BCUT2D eigenvalue weighted by Crippen LogP contribution is -2.32. The van der Waals surface area contributed by atoms with Crippen molar-refractivity contribution in [3.63, 3.8) is 0 Å². The highest BCUT2D eigenvalue weighted by atomic mass is 16.1. The maximum atomic E-state index is 11.1. The summed E-state index contributed by atoms with van der Waals surface area (Å²) in [6.07, 6.45) is 0.661. The standard InChI is InChI=1S/C10H21NO.CH4/c1-5-10(12)8-11(6-2)7-9(3)4;/h9H,5-8H2,1-4H3;1H4. The smallest absolute Gasteiger partial charge is 0.146 e.